The number of rotatable bonds is 5. The Morgan fingerprint density at radius 1 is 1.40 bits per heavy atom. The van der Waals surface area contributed by atoms with E-state index in [2.05, 4.69) is 10.3 Å². The molecule has 0 saturated carbocycles. The van der Waals surface area contributed by atoms with Crippen molar-refractivity contribution < 1.29 is 14.3 Å². The zero-order valence-corrected chi connectivity index (χ0v) is 12.6. The molecule has 1 amide bonds. The van der Waals surface area contributed by atoms with Crippen LogP contribution >= 0.6 is 0 Å². The lowest BCUT2D eigenvalue weighted by Gasteiger charge is -2.18. The summed E-state index contributed by atoms with van der Waals surface area (Å²) in [5.41, 5.74) is 5.97. The minimum atomic E-state index is -0.580. The first kappa shape index (κ1) is 16.0. The van der Waals surface area contributed by atoms with Crippen LogP contribution in [0.5, 0.6) is 0 Å². The zero-order chi connectivity index (χ0) is 15.4. The molecule has 1 heterocycles. The molecule has 7 heteroatoms. The number of nitrogen functional groups attached to an aromatic ring is 1. The lowest BCUT2D eigenvalue weighted by molar-refractivity contribution is -0.124. The van der Waals surface area contributed by atoms with Gasteiger partial charge >= 0.3 is 5.97 Å². The number of amides is 1. The number of anilines is 1. The number of aromatic nitrogens is 2. The number of carbonyl (C=O) groups is 2. The van der Waals surface area contributed by atoms with E-state index in [-0.39, 0.29) is 30.1 Å². The number of aryl methyl sites for hydroxylation is 1. The van der Waals surface area contributed by atoms with Gasteiger partial charge in [-0.25, -0.2) is 9.78 Å². The number of carbonyl (C=O) groups excluding carboxylic acids is 2. The van der Waals surface area contributed by atoms with Gasteiger partial charge in [0.25, 0.3) is 0 Å². The second kappa shape index (κ2) is 6.40. The molecule has 0 bridgehead atoms. The highest BCUT2D eigenvalue weighted by Crippen LogP contribution is 2.21. The maximum absolute atomic E-state index is 12.0. The van der Waals surface area contributed by atoms with E-state index in [1.54, 1.807) is 20.8 Å². The predicted octanol–water partition coefficient (Wildman–Crippen LogP) is 1.04. The minimum Gasteiger partial charge on any atom is -0.461 e. The zero-order valence-electron chi connectivity index (χ0n) is 12.6. The Bertz CT molecular complexity index is 508. The summed E-state index contributed by atoms with van der Waals surface area (Å²) in [5.74, 6) is -0.116. The summed E-state index contributed by atoms with van der Waals surface area (Å²) in [4.78, 5) is 27.8. The Hall–Kier alpha value is -2.05. The second-order valence-electron chi connectivity index (χ2n) is 4.82. The molecule has 1 atom stereocenters. The van der Waals surface area contributed by atoms with Gasteiger partial charge in [0.15, 0.2) is 5.69 Å². The maximum Gasteiger partial charge on any atom is 0.360 e. The van der Waals surface area contributed by atoms with E-state index in [1.807, 2.05) is 13.8 Å². The molecule has 1 aromatic rings. The Labute approximate surface area is 118 Å². The average molecular weight is 282 g/mol. The molecule has 112 valence electrons. The van der Waals surface area contributed by atoms with Crippen molar-refractivity contribution in [2.75, 3.05) is 12.3 Å². The summed E-state index contributed by atoms with van der Waals surface area (Å²) < 4.78 is 6.42. The third kappa shape index (κ3) is 3.28. The predicted molar refractivity (Wildman–Crippen MR) is 75.3 cm³/mol. The summed E-state index contributed by atoms with van der Waals surface area (Å²) >= 11 is 0. The molecule has 0 aliphatic rings. The van der Waals surface area contributed by atoms with Crippen molar-refractivity contribution in [3.63, 3.8) is 0 Å². The number of imidazole rings is 1. The molecule has 0 aromatic carbocycles. The van der Waals surface area contributed by atoms with Crippen molar-refractivity contribution in [1.82, 2.24) is 14.9 Å². The van der Waals surface area contributed by atoms with E-state index in [4.69, 9.17) is 10.5 Å². The molecule has 0 saturated heterocycles. The highest BCUT2D eigenvalue weighted by molar-refractivity contribution is 5.93. The van der Waals surface area contributed by atoms with Crippen LogP contribution in [0.1, 0.15) is 50.0 Å². The Balaban J connectivity index is 3.07. The van der Waals surface area contributed by atoms with E-state index in [0.717, 1.165) is 0 Å². The van der Waals surface area contributed by atoms with Crippen LogP contribution in [0.2, 0.25) is 0 Å². The van der Waals surface area contributed by atoms with Crippen molar-refractivity contribution in [3.8, 4) is 0 Å². The summed E-state index contributed by atoms with van der Waals surface area (Å²) in [5, 5.41) is 2.80. The highest BCUT2D eigenvalue weighted by atomic mass is 16.5. The van der Waals surface area contributed by atoms with Crippen LogP contribution in [0.25, 0.3) is 0 Å². The number of esters is 1. The molecule has 1 aromatic heterocycles. The fraction of sp³-hybridized carbons (Fsp3) is 0.615. The minimum absolute atomic E-state index is 0.0273. The number of nitrogens with zero attached hydrogens (tertiary/aromatic N) is 2. The molecular formula is C13H22N4O3. The molecule has 0 spiro atoms. The van der Waals surface area contributed by atoms with E-state index in [0.29, 0.717) is 5.82 Å². The van der Waals surface area contributed by atoms with Gasteiger partial charge in [-0.1, -0.05) is 0 Å². The molecular weight excluding hydrogens is 260 g/mol. The van der Waals surface area contributed by atoms with E-state index in [9.17, 15) is 9.59 Å². The topological polar surface area (TPSA) is 99.2 Å². The second-order valence-corrected chi connectivity index (χ2v) is 4.82. The molecule has 0 fully saturated rings. The first-order chi connectivity index (χ1) is 9.29. The lowest BCUT2D eigenvalue weighted by Crippen LogP contribution is -2.36. The molecule has 1 unspecified atom stereocenters. The quantitative estimate of drug-likeness (QED) is 0.786. The van der Waals surface area contributed by atoms with Gasteiger partial charge in [0.1, 0.15) is 17.7 Å². The standard InChI is InChI=1S/C13H22N4O3/c1-6-20-13(19)10-11(14)17(9(5)16-10)8(4)12(18)15-7(2)3/h7-8H,6,14H2,1-5H3,(H,15,18). The Kier molecular flexibility index (Phi) is 5.12. The summed E-state index contributed by atoms with van der Waals surface area (Å²) in [7, 11) is 0. The third-order valence-corrected chi connectivity index (χ3v) is 2.79. The van der Waals surface area contributed by atoms with Crippen LogP contribution in [0.15, 0.2) is 0 Å². The van der Waals surface area contributed by atoms with E-state index in [1.165, 1.54) is 4.57 Å². The van der Waals surface area contributed by atoms with Crippen molar-refractivity contribution >= 4 is 17.7 Å². The monoisotopic (exact) mass is 282 g/mol. The van der Waals surface area contributed by atoms with Crippen LogP contribution < -0.4 is 11.1 Å². The van der Waals surface area contributed by atoms with E-state index < -0.39 is 12.0 Å². The number of ether oxygens (including phenoxy) is 1. The summed E-state index contributed by atoms with van der Waals surface area (Å²) in [6.45, 7) is 9.09. The largest absolute Gasteiger partial charge is 0.461 e. The SMILES string of the molecule is CCOC(=O)c1nc(C)n(C(C)C(=O)NC(C)C)c1N. The van der Waals surface area contributed by atoms with Gasteiger partial charge in [-0.3, -0.25) is 4.79 Å². The van der Waals surface area contributed by atoms with Crippen molar-refractivity contribution in [1.29, 1.82) is 0 Å². The first-order valence-electron chi connectivity index (χ1n) is 6.61. The van der Waals surface area contributed by atoms with Gasteiger partial charge in [0.05, 0.1) is 6.61 Å². The fourth-order valence-electron chi connectivity index (χ4n) is 1.92. The number of nitrogens with one attached hydrogen (secondary N) is 1. The van der Waals surface area contributed by atoms with Crippen LogP contribution in [-0.4, -0.2) is 34.1 Å². The fourth-order valence-corrected chi connectivity index (χ4v) is 1.92. The van der Waals surface area contributed by atoms with Crippen LogP contribution in [-0.2, 0) is 9.53 Å². The Morgan fingerprint density at radius 3 is 2.50 bits per heavy atom. The molecule has 0 aliphatic heterocycles. The summed E-state index contributed by atoms with van der Waals surface area (Å²) in [6.07, 6.45) is 0. The molecule has 20 heavy (non-hydrogen) atoms. The summed E-state index contributed by atoms with van der Waals surface area (Å²) in [6, 6.07) is -0.521. The number of nitrogens with two attached hydrogens (primary N) is 1. The van der Waals surface area contributed by atoms with Gasteiger partial charge in [-0.2, -0.15) is 0 Å². The highest BCUT2D eigenvalue weighted by Gasteiger charge is 2.25. The van der Waals surface area contributed by atoms with Gasteiger partial charge in [0.2, 0.25) is 5.91 Å². The van der Waals surface area contributed by atoms with E-state index >= 15 is 0 Å². The third-order valence-electron chi connectivity index (χ3n) is 2.79. The maximum atomic E-state index is 12.0. The normalized spacial score (nSPS) is 12.3. The molecule has 0 radical (unpaired) electrons. The average Bonchev–Trinajstić information content (AvgIpc) is 2.63. The number of hydrogen-bond donors (Lipinski definition) is 2. The lowest BCUT2D eigenvalue weighted by atomic mass is 10.2. The number of hydrogen-bond acceptors (Lipinski definition) is 5. The smallest absolute Gasteiger partial charge is 0.360 e. The molecule has 7 nitrogen and oxygen atoms in total. The van der Waals surface area contributed by atoms with Crippen molar-refractivity contribution in [3.05, 3.63) is 11.5 Å². The van der Waals surface area contributed by atoms with Crippen LogP contribution in [0.3, 0.4) is 0 Å². The van der Waals surface area contributed by atoms with Crippen molar-refractivity contribution in [2.24, 2.45) is 0 Å². The molecule has 1 rings (SSSR count). The van der Waals surface area contributed by atoms with Crippen molar-refractivity contribution in [2.45, 2.75) is 46.7 Å². The van der Waals surface area contributed by atoms with Gasteiger partial charge in [-0.15, -0.1) is 0 Å². The first-order valence-corrected chi connectivity index (χ1v) is 6.61. The van der Waals surface area contributed by atoms with Gasteiger partial charge < -0.3 is 20.4 Å². The van der Waals surface area contributed by atoms with Gasteiger partial charge in [0, 0.05) is 6.04 Å². The van der Waals surface area contributed by atoms with Crippen LogP contribution in [0.4, 0.5) is 5.82 Å². The molecule has 0 aliphatic carbocycles. The van der Waals surface area contributed by atoms with Gasteiger partial charge in [-0.05, 0) is 34.6 Å². The molecule has 3 N–H and O–H groups in total. The van der Waals surface area contributed by atoms with Crippen LogP contribution in [0, 0.1) is 6.92 Å². The Morgan fingerprint density at radius 2 is 2.00 bits per heavy atom.